The SMILES string of the molecule is C/C=C(Cl)\C(CCNc1ncc(C(=O)ON)c(ON)n1)=C(/C)Cl. The lowest BCUT2D eigenvalue weighted by atomic mass is 10.1. The number of nitrogens with two attached hydrogens (primary N) is 2. The molecule has 0 saturated carbocycles. The van der Waals surface area contributed by atoms with Crippen molar-refractivity contribution >= 4 is 35.1 Å². The van der Waals surface area contributed by atoms with Gasteiger partial charge in [0.05, 0.1) is 6.20 Å². The number of carbonyl (C=O) groups is 1. The number of rotatable bonds is 7. The van der Waals surface area contributed by atoms with Crippen molar-refractivity contribution in [3.63, 3.8) is 0 Å². The van der Waals surface area contributed by atoms with Crippen LogP contribution in [-0.2, 0) is 4.84 Å². The van der Waals surface area contributed by atoms with Gasteiger partial charge in [-0.25, -0.2) is 9.78 Å². The first-order chi connectivity index (χ1) is 10.9. The fraction of sp³-hybridized carbons (Fsp3) is 0.308. The van der Waals surface area contributed by atoms with Gasteiger partial charge >= 0.3 is 5.97 Å². The molecule has 0 radical (unpaired) electrons. The van der Waals surface area contributed by atoms with Gasteiger partial charge in [-0.1, -0.05) is 29.3 Å². The second kappa shape index (κ2) is 9.31. The Kier molecular flexibility index (Phi) is 7.76. The third-order valence-corrected chi connectivity index (χ3v) is 3.48. The van der Waals surface area contributed by atoms with E-state index in [9.17, 15) is 4.79 Å². The van der Waals surface area contributed by atoms with Crippen LogP contribution < -0.4 is 21.9 Å². The second-order valence-electron chi connectivity index (χ2n) is 4.26. The summed E-state index contributed by atoms with van der Waals surface area (Å²) in [5.74, 6) is 9.06. The first kappa shape index (κ1) is 19.2. The van der Waals surface area contributed by atoms with E-state index >= 15 is 0 Å². The Morgan fingerprint density at radius 3 is 2.65 bits per heavy atom. The molecular formula is C13H17Cl2N5O3. The Bertz CT molecular complexity index is 630. The monoisotopic (exact) mass is 361 g/mol. The van der Waals surface area contributed by atoms with Crippen molar-refractivity contribution in [1.82, 2.24) is 9.97 Å². The zero-order valence-corrected chi connectivity index (χ0v) is 14.1. The molecule has 5 N–H and O–H groups in total. The largest absolute Gasteiger partial charge is 0.390 e. The van der Waals surface area contributed by atoms with Crippen LogP contribution in [0.5, 0.6) is 5.88 Å². The van der Waals surface area contributed by atoms with Crippen LogP contribution >= 0.6 is 23.2 Å². The van der Waals surface area contributed by atoms with Crippen LogP contribution in [0.1, 0.15) is 30.6 Å². The number of nitrogens with zero attached hydrogens (tertiary/aromatic N) is 2. The summed E-state index contributed by atoms with van der Waals surface area (Å²) in [5.41, 5.74) is 0.719. The Morgan fingerprint density at radius 1 is 1.43 bits per heavy atom. The molecule has 0 atom stereocenters. The number of carbonyl (C=O) groups excluding carboxylic acids is 1. The van der Waals surface area contributed by atoms with Crippen molar-refractivity contribution in [1.29, 1.82) is 0 Å². The molecule has 8 nitrogen and oxygen atoms in total. The lowest BCUT2D eigenvalue weighted by molar-refractivity contribution is 0.0497. The molecule has 0 aliphatic carbocycles. The molecule has 0 aliphatic heterocycles. The average molecular weight is 362 g/mol. The number of anilines is 1. The van der Waals surface area contributed by atoms with Gasteiger partial charge in [-0.3, -0.25) is 0 Å². The third kappa shape index (κ3) is 5.36. The maximum absolute atomic E-state index is 11.4. The van der Waals surface area contributed by atoms with E-state index in [4.69, 9.17) is 35.0 Å². The van der Waals surface area contributed by atoms with Crippen LogP contribution in [0.4, 0.5) is 5.95 Å². The molecule has 126 valence electrons. The Balaban J connectivity index is 2.79. The summed E-state index contributed by atoms with van der Waals surface area (Å²) in [6, 6.07) is 0. The second-order valence-corrected chi connectivity index (χ2v) is 5.24. The number of aromatic nitrogens is 2. The molecule has 0 saturated heterocycles. The molecule has 0 fully saturated rings. The number of allylic oxidation sites excluding steroid dienone is 3. The quantitative estimate of drug-likeness (QED) is 0.498. The van der Waals surface area contributed by atoms with Crippen molar-refractivity contribution in [2.24, 2.45) is 11.8 Å². The van der Waals surface area contributed by atoms with Gasteiger partial charge in [0.15, 0.2) is 0 Å². The van der Waals surface area contributed by atoms with Gasteiger partial charge in [-0.15, -0.1) is 0 Å². The highest BCUT2D eigenvalue weighted by Gasteiger charge is 2.17. The normalized spacial score (nSPS) is 12.5. The summed E-state index contributed by atoms with van der Waals surface area (Å²) in [6.07, 6.45) is 3.50. The Labute approximate surface area is 143 Å². The van der Waals surface area contributed by atoms with Crippen LogP contribution in [0.25, 0.3) is 0 Å². The highest BCUT2D eigenvalue weighted by molar-refractivity contribution is 6.35. The number of halogens is 2. The van der Waals surface area contributed by atoms with Crippen LogP contribution in [0.15, 0.2) is 27.9 Å². The van der Waals surface area contributed by atoms with E-state index in [1.165, 1.54) is 6.20 Å². The minimum absolute atomic E-state index is 0.0882. The van der Waals surface area contributed by atoms with E-state index in [0.29, 0.717) is 23.0 Å². The van der Waals surface area contributed by atoms with Crippen LogP contribution in [-0.4, -0.2) is 22.5 Å². The van der Waals surface area contributed by atoms with E-state index in [2.05, 4.69) is 25.0 Å². The standard InChI is InChI=1S/C13H17Cl2N5O3/c1-3-10(15)8(7(2)14)4-5-18-13-19-6-9(12(21)23-17)11(20-13)22-16/h3,6H,4-5,16-17H2,1-2H3,(H,18,19,20)/b8-7+,10-3+. The molecule has 0 aliphatic rings. The van der Waals surface area contributed by atoms with E-state index in [1.54, 1.807) is 13.0 Å². The van der Waals surface area contributed by atoms with Crippen molar-refractivity contribution in [2.75, 3.05) is 11.9 Å². The fourth-order valence-electron chi connectivity index (χ4n) is 1.67. The van der Waals surface area contributed by atoms with E-state index in [1.807, 2.05) is 6.92 Å². The summed E-state index contributed by atoms with van der Waals surface area (Å²) in [7, 11) is 0. The molecule has 0 aromatic carbocycles. The smallest absolute Gasteiger partial charge is 0.363 e. The summed E-state index contributed by atoms with van der Waals surface area (Å²) in [6.45, 7) is 4.03. The van der Waals surface area contributed by atoms with E-state index in [-0.39, 0.29) is 17.4 Å². The molecule has 1 rings (SSSR count). The van der Waals surface area contributed by atoms with Gasteiger partial charge in [0.25, 0.3) is 5.88 Å². The Hall–Kier alpha value is -1.87. The zero-order valence-electron chi connectivity index (χ0n) is 12.6. The molecule has 0 unspecified atom stereocenters. The molecular weight excluding hydrogens is 345 g/mol. The van der Waals surface area contributed by atoms with Crippen LogP contribution in [0.2, 0.25) is 0 Å². The minimum Gasteiger partial charge on any atom is -0.390 e. The average Bonchev–Trinajstić information content (AvgIpc) is 2.56. The van der Waals surface area contributed by atoms with Crippen molar-refractivity contribution in [3.05, 3.63) is 33.5 Å². The third-order valence-electron chi connectivity index (χ3n) is 2.81. The lowest BCUT2D eigenvalue weighted by Crippen LogP contribution is -2.17. The first-order valence-electron chi connectivity index (χ1n) is 6.50. The molecule has 23 heavy (non-hydrogen) atoms. The lowest BCUT2D eigenvalue weighted by Gasteiger charge is -2.10. The molecule has 10 heteroatoms. The predicted octanol–water partition coefficient (Wildman–Crippen LogP) is 2.22. The number of nitrogens with one attached hydrogen (secondary N) is 1. The zero-order chi connectivity index (χ0) is 17.4. The number of hydrogen-bond acceptors (Lipinski definition) is 8. The molecule has 0 bridgehead atoms. The molecule has 0 amide bonds. The molecule has 1 aromatic heterocycles. The highest BCUT2D eigenvalue weighted by atomic mass is 35.5. The highest BCUT2D eigenvalue weighted by Crippen LogP contribution is 2.24. The van der Waals surface area contributed by atoms with Crippen LogP contribution in [0, 0.1) is 0 Å². The summed E-state index contributed by atoms with van der Waals surface area (Å²) in [4.78, 5) is 27.9. The summed E-state index contributed by atoms with van der Waals surface area (Å²) >= 11 is 12.1. The van der Waals surface area contributed by atoms with Crippen molar-refractivity contribution < 1.29 is 14.5 Å². The van der Waals surface area contributed by atoms with Gasteiger partial charge < -0.3 is 15.0 Å². The predicted molar refractivity (Wildman–Crippen MR) is 87.7 cm³/mol. The fourth-order valence-corrected chi connectivity index (χ4v) is 2.16. The molecule has 1 aromatic rings. The van der Waals surface area contributed by atoms with Gasteiger partial charge in [0, 0.05) is 16.6 Å². The Morgan fingerprint density at radius 2 is 2.13 bits per heavy atom. The minimum atomic E-state index is -0.861. The van der Waals surface area contributed by atoms with Crippen molar-refractivity contribution in [2.45, 2.75) is 20.3 Å². The topological polar surface area (TPSA) is 125 Å². The maximum atomic E-state index is 11.4. The molecule has 0 spiro atoms. The van der Waals surface area contributed by atoms with E-state index in [0.717, 1.165) is 5.57 Å². The van der Waals surface area contributed by atoms with Gasteiger partial charge in [0.2, 0.25) is 5.95 Å². The number of hydrogen-bond donors (Lipinski definition) is 3. The van der Waals surface area contributed by atoms with Gasteiger partial charge in [0.1, 0.15) is 5.56 Å². The van der Waals surface area contributed by atoms with E-state index < -0.39 is 5.97 Å². The van der Waals surface area contributed by atoms with Gasteiger partial charge in [-0.05, 0) is 25.8 Å². The maximum Gasteiger partial charge on any atom is 0.363 e. The van der Waals surface area contributed by atoms with Crippen molar-refractivity contribution in [3.8, 4) is 5.88 Å². The summed E-state index contributed by atoms with van der Waals surface area (Å²) < 4.78 is 0. The van der Waals surface area contributed by atoms with Gasteiger partial charge in [-0.2, -0.15) is 16.8 Å². The van der Waals surface area contributed by atoms with Crippen LogP contribution in [0.3, 0.4) is 0 Å². The molecule has 1 heterocycles. The first-order valence-corrected chi connectivity index (χ1v) is 7.26. The summed E-state index contributed by atoms with van der Waals surface area (Å²) in [5, 5.41) is 4.12.